The van der Waals surface area contributed by atoms with Crippen molar-refractivity contribution in [1.29, 1.82) is 0 Å². The maximum absolute atomic E-state index is 11.8. The molecular formula is C16H16ClNO2. The molecule has 0 spiro atoms. The van der Waals surface area contributed by atoms with Crippen molar-refractivity contribution in [3.63, 3.8) is 0 Å². The molecule has 2 rings (SSSR count). The summed E-state index contributed by atoms with van der Waals surface area (Å²) in [5.41, 5.74) is 1.78. The van der Waals surface area contributed by atoms with Crippen LogP contribution in [-0.4, -0.2) is 11.0 Å². The molecule has 1 amide bonds. The van der Waals surface area contributed by atoms with E-state index in [0.29, 0.717) is 12.1 Å². The van der Waals surface area contributed by atoms with Crippen molar-refractivity contribution < 1.29 is 9.90 Å². The van der Waals surface area contributed by atoms with E-state index in [1.165, 1.54) is 11.6 Å². The molecule has 0 aliphatic heterocycles. The first kappa shape index (κ1) is 14.4. The van der Waals surface area contributed by atoms with Crippen molar-refractivity contribution in [1.82, 2.24) is 0 Å². The van der Waals surface area contributed by atoms with E-state index in [4.69, 9.17) is 11.6 Å². The number of halogens is 1. The van der Waals surface area contributed by atoms with Crippen LogP contribution < -0.4 is 5.32 Å². The lowest BCUT2D eigenvalue weighted by Gasteiger charge is -2.06. The largest absolute Gasteiger partial charge is 0.506 e. The third-order valence-corrected chi connectivity index (χ3v) is 3.26. The predicted molar refractivity (Wildman–Crippen MR) is 81.1 cm³/mol. The summed E-state index contributed by atoms with van der Waals surface area (Å²) in [4.78, 5) is 11.8. The minimum Gasteiger partial charge on any atom is -0.506 e. The van der Waals surface area contributed by atoms with Gasteiger partial charge in [0.05, 0.1) is 5.02 Å². The number of phenolic OH excluding ortho intramolecular Hbond substituents is 1. The summed E-state index contributed by atoms with van der Waals surface area (Å²) in [6.07, 6.45) is 2.10. The Labute approximate surface area is 123 Å². The fraction of sp³-hybridized carbons (Fsp3) is 0.188. The van der Waals surface area contributed by atoms with Crippen molar-refractivity contribution in [2.24, 2.45) is 0 Å². The number of amides is 1. The molecule has 20 heavy (non-hydrogen) atoms. The predicted octanol–water partition coefficient (Wildman–Crippen LogP) is 4.01. The van der Waals surface area contributed by atoms with Gasteiger partial charge in [-0.3, -0.25) is 4.79 Å². The van der Waals surface area contributed by atoms with Gasteiger partial charge in [-0.1, -0.05) is 41.9 Å². The molecule has 0 saturated heterocycles. The molecule has 0 fully saturated rings. The fourth-order valence-electron chi connectivity index (χ4n) is 1.91. The highest BCUT2D eigenvalue weighted by atomic mass is 35.5. The molecule has 0 unspecified atom stereocenters. The lowest BCUT2D eigenvalue weighted by Crippen LogP contribution is -2.11. The van der Waals surface area contributed by atoms with Crippen LogP contribution in [0.1, 0.15) is 18.4 Å². The van der Waals surface area contributed by atoms with Gasteiger partial charge in [-0.05, 0) is 30.5 Å². The molecule has 2 aromatic rings. The molecular weight excluding hydrogens is 274 g/mol. The highest BCUT2D eigenvalue weighted by molar-refractivity contribution is 6.32. The Kier molecular flexibility index (Phi) is 5.02. The number of benzene rings is 2. The van der Waals surface area contributed by atoms with Gasteiger partial charge in [-0.25, -0.2) is 0 Å². The number of hydrogen-bond donors (Lipinski definition) is 2. The van der Waals surface area contributed by atoms with Crippen LogP contribution in [0.2, 0.25) is 5.02 Å². The third-order valence-electron chi connectivity index (χ3n) is 2.94. The first-order chi connectivity index (χ1) is 9.65. The van der Waals surface area contributed by atoms with Crippen molar-refractivity contribution in [2.45, 2.75) is 19.3 Å². The second kappa shape index (κ2) is 6.96. The summed E-state index contributed by atoms with van der Waals surface area (Å²) in [7, 11) is 0. The van der Waals surface area contributed by atoms with Crippen molar-refractivity contribution in [3.8, 4) is 5.75 Å². The zero-order chi connectivity index (χ0) is 14.4. The van der Waals surface area contributed by atoms with E-state index in [1.54, 1.807) is 12.1 Å². The zero-order valence-corrected chi connectivity index (χ0v) is 11.7. The van der Waals surface area contributed by atoms with Crippen LogP contribution in [0.15, 0.2) is 48.5 Å². The number of nitrogens with one attached hydrogen (secondary N) is 1. The number of rotatable bonds is 5. The number of carbonyl (C=O) groups is 1. The van der Waals surface area contributed by atoms with Crippen molar-refractivity contribution in [3.05, 3.63) is 59.1 Å². The molecule has 0 aliphatic rings. The van der Waals surface area contributed by atoms with Gasteiger partial charge in [0.2, 0.25) is 5.91 Å². The summed E-state index contributed by atoms with van der Waals surface area (Å²) in [5, 5.41) is 12.5. The van der Waals surface area contributed by atoms with Gasteiger partial charge in [-0.2, -0.15) is 0 Å². The average Bonchev–Trinajstić information content (AvgIpc) is 2.44. The lowest BCUT2D eigenvalue weighted by molar-refractivity contribution is -0.116. The third kappa shape index (κ3) is 4.28. The van der Waals surface area contributed by atoms with Crippen molar-refractivity contribution in [2.75, 3.05) is 5.32 Å². The normalized spacial score (nSPS) is 10.2. The Hall–Kier alpha value is -2.00. The molecule has 0 aromatic heterocycles. The summed E-state index contributed by atoms with van der Waals surface area (Å²) in [5.74, 6) is -0.101. The molecule has 2 aromatic carbocycles. The number of hydrogen-bond acceptors (Lipinski definition) is 2. The highest BCUT2D eigenvalue weighted by Gasteiger charge is 2.05. The Balaban J connectivity index is 1.79. The topological polar surface area (TPSA) is 49.3 Å². The van der Waals surface area contributed by atoms with E-state index < -0.39 is 0 Å². The molecule has 0 saturated carbocycles. The number of anilines is 1. The first-order valence-electron chi connectivity index (χ1n) is 6.47. The minimum atomic E-state index is -0.0670. The van der Waals surface area contributed by atoms with Gasteiger partial charge in [-0.15, -0.1) is 0 Å². The van der Waals surface area contributed by atoms with Crippen LogP contribution in [0.3, 0.4) is 0 Å². The zero-order valence-electron chi connectivity index (χ0n) is 11.0. The molecule has 0 bridgehead atoms. The van der Waals surface area contributed by atoms with Crippen LogP contribution in [0.25, 0.3) is 0 Å². The Morgan fingerprint density at radius 2 is 1.90 bits per heavy atom. The molecule has 104 valence electrons. The van der Waals surface area contributed by atoms with Gasteiger partial charge in [0.25, 0.3) is 0 Å². The van der Waals surface area contributed by atoms with Gasteiger partial charge in [0, 0.05) is 18.2 Å². The summed E-state index contributed by atoms with van der Waals surface area (Å²) in [6, 6.07) is 14.7. The summed E-state index contributed by atoms with van der Waals surface area (Å²) >= 11 is 5.71. The van der Waals surface area contributed by atoms with Gasteiger partial charge < -0.3 is 10.4 Å². The van der Waals surface area contributed by atoms with E-state index in [-0.39, 0.29) is 16.7 Å². The summed E-state index contributed by atoms with van der Waals surface area (Å²) in [6.45, 7) is 0. The van der Waals surface area contributed by atoms with Crippen LogP contribution in [0.5, 0.6) is 5.75 Å². The smallest absolute Gasteiger partial charge is 0.224 e. The van der Waals surface area contributed by atoms with Crippen LogP contribution in [0.4, 0.5) is 5.69 Å². The Morgan fingerprint density at radius 3 is 2.60 bits per heavy atom. The number of aromatic hydroxyl groups is 1. The van der Waals surface area contributed by atoms with Crippen LogP contribution >= 0.6 is 11.6 Å². The lowest BCUT2D eigenvalue weighted by atomic mass is 10.1. The molecule has 4 heteroatoms. The molecule has 0 heterocycles. The van der Waals surface area contributed by atoms with E-state index >= 15 is 0 Å². The van der Waals surface area contributed by atoms with Crippen LogP contribution in [0, 0.1) is 0 Å². The van der Waals surface area contributed by atoms with Crippen LogP contribution in [-0.2, 0) is 11.2 Å². The minimum absolute atomic E-state index is 0.0336. The molecule has 0 aliphatic carbocycles. The number of phenols is 1. The first-order valence-corrected chi connectivity index (χ1v) is 6.85. The van der Waals surface area contributed by atoms with E-state index in [0.717, 1.165) is 12.8 Å². The standard InChI is InChI=1S/C16H16ClNO2/c17-14-10-9-13(11-15(14)19)18-16(20)8-4-7-12-5-2-1-3-6-12/h1-3,5-6,9-11,19H,4,7-8H2,(H,18,20). The molecule has 2 N–H and O–H groups in total. The van der Waals surface area contributed by atoms with Gasteiger partial charge in [0.15, 0.2) is 0 Å². The highest BCUT2D eigenvalue weighted by Crippen LogP contribution is 2.26. The second-order valence-corrected chi connectivity index (χ2v) is 4.96. The number of aryl methyl sites for hydroxylation is 1. The maximum Gasteiger partial charge on any atom is 0.224 e. The van der Waals surface area contributed by atoms with E-state index in [9.17, 15) is 9.90 Å². The van der Waals surface area contributed by atoms with E-state index in [2.05, 4.69) is 17.4 Å². The Bertz CT molecular complexity index is 584. The Morgan fingerprint density at radius 1 is 1.15 bits per heavy atom. The van der Waals surface area contributed by atoms with Gasteiger partial charge in [0.1, 0.15) is 5.75 Å². The summed E-state index contributed by atoms with van der Waals surface area (Å²) < 4.78 is 0. The molecule has 0 radical (unpaired) electrons. The maximum atomic E-state index is 11.8. The second-order valence-electron chi connectivity index (χ2n) is 4.55. The monoisotopic (exact) mass is 289 g/mol. The average molecular weight is 290 g/mol. The SMILES string of the molecule is O=C(CCCc1ccccc1)Nc1ccc(Cl)c(O)c1. The van der Waals surface area contributed by atoms with Crippen molar-refractivity contribution >= 4 is 23.2 Å². The van der Waals surface area contributed by atoms with E-state index in [1.807, 2.05) is 18.2 Å². The fourth-order valence-corrected chi connectivity index (χ4v) is 2.03. The number of carbonyl (C=O) groups excluding carboxylic acids is 1. The quantitative estimate of drug-likeness (QED) is 0.874. The molecule has 3 nitrogen and oxygen atoms in total. The molecule has 0 atom stereocenters. The van der Waals surface area contributed by atoms with Gasteiger partial charge >= 0.3 is 0 Å².